The van der Waals surface area contributed by atoms with Crippen LogP contribution in [0.25, 0.3) is 0 Å². The normalized spacial score (nSPS) is 11.0. The molecular formula is C38H47N7O6. The summed E-state index contributed by atoms with van der Waals surface area (Å²) in [6.45, 7) is 4.78. The molecule has 6 N–H and O–H groups in total. The second-order valence-corrected chi connectivity index (χ2v) is 12.1. The summed E-state index contributed by atoms with van der Waals surface area (Å²) in [4.78, 5) is 41.3. The second kappa shape index (κ2) is 20.4. The number of para-hydroxylation sites is 2. The zero-order valence-corrected chi connectivity index (χ0v) is 28.9. The van der Waals surface area contributed by atoms with E-state index in [1.807, 2.05) is 83.5 Å². The maximum absolute atomic E-state index is 13.0. The summed E-state index contributed by atoms with van der Waals surface area (Å²) in [7, 11) is 0. The summed E-state index contributed by atoms with van der Waals surface area (Å²) in [6.07, 6.45) is 0.996. The van der Waals surface area contributed by atoms with Crippen LogP contribution in [0.2, 0.25) is 0 Å². The van der Waals surface area contributed by atoms with Crippen molar-refractivity contribution < 1.29 is 24.7 Å². The van der Waals surface area contributed by atoms with E-state index in [2.05, 4.69) is 21.3 Å². The summed E-state index contributed by atoms with van der Waals surface area (Å²) >= 11 is 0. The Bertz CT molecular complexity index is 1700. The quantitative estimate of drug-likeness (QED) is 0.0467. The number of carbonyl (C=O) groups excluding carboxylic acids is 2. The highest BCUT2D eigenvalue weighted by Crippen LogP contribution is 2.30. The fourth-order valence-corrected chi connectivity index (χ4v) is 5.54. The third-order valence-electron chi connectivity index (χ3n) is 8.19. The maximum atomic E-state index is 13.0. The van der Waals surface area contributed by atoms with E-state index in [0.717, 1.165) is 16.9 Å². The number of nitrogens with zero attached hydrogens (tertiary/aromatic N) is 3. The van der Waals surface area contributed by atoms with Crippen LogP contribution in [0.1, 0.15) is 24.8 Å². The first kappa shape index (κ1) is 38.5. The van der Waals surface area contributed by atoms with Crippen molar-refractivity contribution in [1.29, 1.82) is 0 Å². The molecule has 51 heavy (non-hydrogen) atoms. The standard InChI is InChI=1S/C38H47N7O6/c1-29-27-32(13-15-34(29)39-30-9-4-2-5-10-30)41-37(48)17-21-43(19-8-20-44(23-25-46)24-26-47)22-18-38(49)42-33-14-16-35(36(28-33)45(50)51)40-31-11-6-3-7-12-31/h2-7,9-16,27-28,39-40,46-47H,8,17-26H2,1H3,(H,41,48)(H,42,49). The largest absolute Gasteiger partial charge is 0.395 e. The van der Waals surface area contributed by atoms with Crippen LogP contribution in [0.4, 0.5) is 39.8 Å². The van der Waals surface area contributed by atoms with Crippen molar-refractivity contribution in [3.05, 3.63) is 113 Å². The minimum atomic E-state index is -0.498. The summed E-state index contributed by atoms with van der Waals surface area (Å²) < 4.78 is 0. The number of nitro groups is 1. The van der Waals surface area contributed by atoms with Gasteiger partial charge in [0.05, 0.1) is 18.1 Å². The van der Waals surface area contributed by atoms with Crippen LogP contribution in [0.5, 0.6) is 0 Å². The van der Waals surface area contributed by atoms with E-state index in [1.165, 1.54) is 6.07 Å². The first-order valence-electron chi connectivity index (χ1n) is 17.0. The Morgan fingerprint density at radius 1 is 0.627 bits per heavy atom. The van der Waals surface area contributed by atoms with Gasteiger partial charge in [0.15, 0.2) is 0 Å². The van der Waals surface area contributed by atoms with Gasteiger partial charge in [-0.05, 0) is 86.6 Å². The minimum absolute atomic E-state index is 0.0196. The van der Waals surface area contributed by atoms with Crippen molar-refractivity contribution in [3.8, 4) is 0 Å². The van der Waals surface area contributed by atoms with Gasteiger partial charge in [0, 0.05) is 73.5 Å². The van der Waals surface area contributed by atoms with Crippen LogP contribution < -0.4 is 21.3 Å². The van der Waals surface area contributed by atoms with Gasteiger partial charge < -0.3 is 36.4 Å². The van der Waals surface area contributed by atoms with Gasteiger partial charge in [-0.25, -0.2) is 0 Å². The molecule has 0 heterocycles. The molecule has 0 aliphatic carbocycles. The van der Waals surface area contributed by atoms with E-state index in [-0.39, 0.29) is 43.6 Å². The molecule has 0 radical (unpaired) electrons. The average Bonchev–Trinajstić information content (AvgIpc) is 3.12. The van der Waals surface area contributed by atoms with Crippen molar-refractivity contribution in [2.75, 3.05) is 73.7 Å². The molecule has 270 valence electrons. The Labute approximate surface area is 298 Å². The number of amides is 2. The van der Waals surface area contributed by atoms with Gasteiger partial charge in [-0.15, -0.1) is 0 Å². The fourth-order valence-electron chi connectivity index (χ4n) is 5.54. The number of hydrogen-bond donors (Lipinski definition) is 6. The molecule has 0 saturated carbocycles. The molecule has 4 aromatic rings. The molecule has 0 aliphatic rings. The fraction of sp³-hybridized carbons (Fsp3) is 0.316. The molecular weight excluding hydrogens is 650 g/mol. The Morgan fingerprint density at radius 2 is 1.10 bits per heavy atom. The maximum Gasteiger partial charge on any atom is 0.294 e. The number of anilines is 6. The predicted molar refractivity (Wildman–Crippen MR) is 202 cm³/mol. The number of rotatable bonds is 21. The Hall–Kier alpha value is -5.34. The molecule has 0 atom stereocenters. The first-order chi connectivity index (χ1) is 24.7. The van der Waals surface area contributed by atoms with Gasteiger partial charge in [-0.1, -0.05) is 36.4 Å². The summed E-state index contributed by atoms with van der Waals surface area (Å²) in [5.41, 5.74) is 4.71. The van der Waals surface area contributed by atoms with Crippen molar-refractivity contribution in [2.24, 2.45) is 0 Å². The van der Waals surface area contributed by atoms with Crippen LogP contribution in [-0.2, 0) is 9.59 Å². The molecule has 4 aromatic carbocycles. The van der Waals surface area contributed by atoms with E-state index in [0.29, 0.717) is 68.4 Å². The van der Waals surface area contributed by atoms with Crippen LogP contribution in [0.15, 0.2) is 97.1 Å². The third kappa shape index (κ3) is 13.1. The van der Waals surface area contributed by atoms with Gasteiger partial charge in [0.2, 0.25) is 11.8 Å². The number of hydrogen-bond acceptors (Lipinski definition) is 10. The highest BCUT2D eigenvalue weighted by Gasteiger charge is 2.17. The lowest BCUT2D eigenvalue weighted by molar-refractivity contribution is -0.383. The molecule has 0 aromatic heterocycles. The van der Waals surface area contributed by atoms with Crippen molar-refractivity contribution >= 4 is 51.6 Å². The van der Waals surface area contributed by atoms with E-state index in [1.54, 1.807) is 24.3 Å². The lowest BCUT2D eigenvalue weighted by atomic mass is 10.1. The number of aliphatic hydroxyl groups excluding tert-OH is 2. The van der Waals surface area contributed by atoms with Crippen molar-refractivity contribution in [3.63, 3.8) is 0 Å². The lowest BCUT2D eigenvalue weighted by Gasteiger charge is -2.25. The molecule has 4 rings (SSSR count). The zero-order valence-electron chi connectivity index (χ0n) is 28.9. The molecule has 0 saturated heterocycles. The minimum Gasteiger partial charge on any atom is -0.395 e. The smallest absolute Gasteiger partial charge is 0.294 e. The van der Waals surface area contributed by atoms with E-state index in [4.69, 9.17) is 0 Å². The third-order valence-corrected chi connectivity index (χ3v) is 8.19. The lowest BCUT2D eigenvalue weighted by Crippen LogP contribution is -2.35. The highest BCUT2D eigenvalue weighted by atomic mass is 16.6. The van der Waals surface area contributed by atoms with Crippen LogP contribution in [0, 0.1) is 17.0 Å². The number of carbonyl (C=O) groups is 2. The molecule has 0 bridgehead atoms. The predicted octanol–water partition coefficient (Wildman–Crippen LogP) is 5.73. The van der Waals surface area contributed by atoms with E-state index < -0.39 is 4.92 Å². The highest BCUT2D eigenvalue weighted by molar-refractivity contribution is 5.92. The number of nitrogens with one attached hydrogen (secondary N) is 4. The molecule has 13 heteroatoms. The molecule has 0 fully saturated rings. The zero-order chi connectivity index (χ0) is 36.4. The Morgan fingerprint density at radius 3 is 1.59 bits per heavy atom. The molecule has 0 spiro atoms. The van der Waals surface area contributed by atoms with Crippen molar-refractivity contribution in [1.82, 2.24) is 9.80 Å². The van der Waals surface area contributed by atoms with E-state index >= 15 is 0 Å². The summed E-state index contributed by atoms with van der Waals surface area (Å²) in [5, 5.41) is 42.7. The van der Waals surface area contributed by atoms with Crippen molar-refractivity contribution in [2.45, 2.75) is 26.2 Å². The number of nitro benzene ring substituents is 1. The topological polar surface area (TPSA) is 172 Å². The van der Waals surface area contributed by atoms with Crippen LogP contribution >= 0.6 is 0 Å². The van der Waals surface area contributed by atoms with Gasteiger partial charge in [0.25, 0.3) is 5.69 Å². The Balaban J connectivity index is 1.34. The second-order valence-electron chi connectivity index (χ2n) is 12.1. The first-order valence-corrected chi connectivity index (χ1v) is 17.0. The Kier molecular flexibility index (Phi) is 15.4. The SMILES string of the molecule is Cc1cc(NC(=O)CCN(CCCN(CCO)CCO)CCC(=O)Nc2ccc(Nc3ccccc3)c([N+](=O)[O-])c2)ccc1Nc1ccccc1. The number of aryl methyl sites for hydroxylation is 1. The van der Waals surface area contributed by atoms with Gasteiger partial charge >= 0.3 is 0 Å². The monoisotopic (exact) mass is 697 g/mol. The molecule has 0 unspecified atom stereocenters. The molecule has 13 nitrogen and oxygen atoms in total. The van der Waals surface area contributed by atoms with E-state index in [9.17, 15) is 29.9 Å². The van der Waals surface area contributed by atoms with Gasteiger partial charge in [0.1, 0.15) is 5.69 Å². The molecule has 2 amide bonds. The van der Waals surface area contributed by atoms with Gasteiger partial charge in [-0.3, -0.25) is 24.6 Å². The average molecular weight is 698 g/mol. The summed E-state index contributed by atoms with van der Waals surface area (Å²) in [5.74, 6) is -0.476. The van der Waals surface area contributed by atoms with Gasteiger partial charge in [-0.2, -0.15) is 0 Å². The van der Waals surface area contributed by atoms with Crippen LogP contribution in [-0.4, -0.2) is 89.2 Å². The number of benzene rings is 4. The molecule has 0 aliphatic heterocycles. The summed E-state index contributed by atoms with van der Waals surface area (Å²) in [6, 6.07) is 29.1. The number of aliphatic hydroxyl groups is 2. The van der Waals surface area contributed by atoms with Crippen LogP contribution in [0.3, 0.4) is 0 Å².